The molecule has 1 saturated carbocycles. The topological polar surface area (TPSA) is 92.4 Å². The van der Waals surface area contributed by atoms with Gasteiger partial charge in [0.2, 0.25) is 5.91 Å². The number of amides is 1. The summed E-state index contributed by atoms with van der Waals surface area (Å²) in [6.45, 7) is 1.86. The Morgan fingerprint density at radius 1 is 1.12 bits per heavy atom. The zero-order valence-electron chi connectivity index (χ0n) is 14.2. The fourth-order valence-corrected chi connectivity index (χ4v) is 3.40. The van der Waals surface area contributed by atoms with Crippen LogP contribution in [-0.2, 0) is 9.59 Å². The van der Waals surface area contributed by atoms with E-state index in [-0.39, 0.29) is 0 Å². The molecule has 0 atom stereocenters. The molecule has 6 nitrogen and oxygen atoms in total. The van der Waals surface area contributed by atoms with Crippen LogP contribution in [0, 0.1) is 12.3 Å². The monoisotopic (exact) mass is 342 g/mol. The van der Waals surface area contributed by atoms with E-state index in [1.165, 1.54) is 6.39 Å². The number of hydrogen-bond acceptors (Lipinski definition) is 4. The fraction of sp³-hybridized carbons (Fsp3) is 0.421. The summed E-state index contributed by atoms with van der Waals surface area (Å²) in [5.74, 6) is -0.769. The summed E-state index contributed by atoms with van der Waals surface area (Å²) in [5.41, 5.74) is 0.905. The lowest BCUT2D eigenvalue weighted by Gasteiger charge is -2.26. The minimum absolute atomic E-state index is 0.392. The second-order valence-electron chi connectivity index (χ2n) is 6.60. The Labute approximate surface area is 146 Å². The van der Waals surface area contributed by atoms with Gasteiger partial charge in [0, 0.05) is 11.3 Å². The second-order valence-corrected chi connectivity index (χ2v) is 6.60. The number of nitrogens with one attached hydrogen (secondary N) is 1. The van der Waals surface area contributed by atoms with Gasteiger partial charge in [-0.1, -0.05) is 25.7 Å². The first kappa shape index (κ1) is 17.2. The molecule has 1 aromatic heterocycles. The first-order chi connectivity index (χ1) is 12.0. The molecular formula is C19H22N2O4. The van der Waals surface area contributed by atoms with Crippen molar-refractivity contribution in [3.8, 4) is 11.3 Å². The number of benzene rings is 1. The Kier molecular flexibility index (Phi) is 4.88. The predicted octanol–water partition coefficient (Wildman–Crippen LogP) is 4.01. The van der Waals surface area contributed by atoms with Crippen LogP contribution in [0.15, 0.2) is 35.1 Å². The number of aromatic nitrogens is 1. The molecule has 2 aromatic rings. The Morgan fingerprint density at radius 2 is 1.76 bits per heavy atom. The predicted molar refractivity (Wildman–Crippen MR) is 93.1 cm³/mol. The van der Waals surface area contributed by atoms with E-state index in [1.54, 1.807) is 12.1 Å². The first-order valence-electron chi connectivity index (χ1n) is 8.58. The molecule has 1 aliphatic rings. The smallest absolute Gasteiger partial charge is 0.319 e. The quantitative estimate of drug-likeness (QED) is 0.647. The van der Waals surface area contributed by atoms with Crippen molar-refractivity contribution in [1.82, 2.24) is 4.98 Å². The van der Waals surface area contributed by atoms with Crippen LogP contribution in [0.4, 0.5) is 5.69 Å². The molecule has 2 N–H and O–H groups in total. The number of oxazole rings is 1. The molecule has 0 saturated heterocycles. The molecule has 6 heteroatoms. The zero-order valence-corrected chi connectivity index (χ0v) is 14.2. The van der Waals surface area contributed by atoms with Crippen molar-refractivity contribution in [2.45, 2.75) is 45.4 Å². The summed E-state index contributed by atoms with van der Waals surface area (Å²) < 4.78 is 5.35. The van der Waals surface area contributed by atoms with Crippen LogP contribution in [0.1, 0.15) is 44.2 Å². The Hall–Kier alpha value is -2.63. The summed E-state index contributed by atoms with van der Waals surface area (Å²) >= 11 is 0. The number of aliphatic carboxylic acids is 1. The molecule has 3 rings (SSSR count). The molecule has 25 heavy (non-hydrogen) atoms. The average Bonchev–Trinajstić information content (AvgIpc) is 2.87. The van der Waals surface area contributed by atoms with Gasteiger partial charge in [-0.15, -0.1) is 0 Å². The number of anilines is 1. The van der Waals surface area contributed by atoms with E-state index in [1.807, 2.05) is 19.1 Å². The van der Waals surface area contributed by atoms with E-state index < -0.39 is 17.3 Å². The van der Waals surface area contributed by atoms with Gasteiger partial charge in [-0.3, -0.25) is 9.59 Å². The summed E-state index contributed by atoms with van der Waals surface area (Å²) in [5, 5.41) is 12.5. The third-order valence-corrected chi connectivity index (χ3v) is 4.95. The fourth-order valence-electron chi connectivity index (χ4n) is 3.40. The van der Waals surface area contributed by atoms with E-state index in [0.29, 0.717) is 24.3 Å². The molecule has 0 bridgehead atoms. The number of carboxylic acids is 1. The molecule has 1 heterocycles. The molecule has 0 unspecified atom stereocenters. The lowest BCUT2D eigenvalue weighted by molar-refractivity contribution is -0.155. The van der Waals surface area contributed by atoms with Crippen LogP contribution in [0.3, 0.4) is 0 Å². The van der Waals surface area contributed by atoms with E-state index in [4.69, 9.17) is 4.42 Å². The van der Waals surface area contributed by atoms with E-state index in [0.717, 1.165) is 36.9 Å². The van der Waals surface area contributed by atoms with Crippen molar-refractivity contribution in [3.63, 3.8) is 0 Å². The molecule has 0 radical (unpaired) electrons. The number of nitrogens with zero attached hydrogens (tertiary/aromatic N) is 1. The maximum absolute atomic E-state index is 12.7. The van der Waals surface area contributed by atoms with Gasteiger partial charge < -0.3 is 14.8 Å². The lowest BCUT2D eigenvalue weighted by atomic mass is 9.79. The number of carbonyl (C=O) groups excluding carboxylic acids is 1. The Bertz CT molecular complexity index is 756. The summed E-state index contributed by atoms with van der Waals surface area (Å²) in [6.07, 6.45) is 5.67. The molecule has 1 aromatic carbocycles. The van der Waals surface area contributed by atoms with Crippen molar-refractivity contribution in [3.05, 3.63) is 36.4 Å². The van der Waals surface area contributed by atoms with Gasteiger partial charge in [0.25, 0.3) is 0 Å². The number of carboxylic acid groups (broad SMARTS) is 1. The van der Waals surface area contributed by atoms with Gasteiger partial charge in [0.05, 0.1) is 5.69 Å². The van der Waals surface area contributed by atoms with Crippen molar-refractivity contribution < 1.29 is 19.1 Å². The van der Waals surface area contributed by atoms with Crippen LogP contribution in [-0.4, -0.2) is 22.0 Å². The SMILES string of the molecule is Cc1ncoc1-c1ccc(NC(=O)C2(C(=O)O)CCCCCC2)cc1. The van der Waals surface area contributed by atoms with E-state index >= 15 is 0 Å². The molecule has 0 spiro atoms. The normalized spacial score (nSPS) is 16.8. The third-order valence-electron chi connectivity index (χ3n) is 4.95. The molecule has 132 valence electrons. The number of carbonyl (C=O) groups is 2. The number of rotatable bonds is 4. The van der Waals surface area contributed by atoms with Crippen molar-refractivity contribution in [2.75, 3.05) is 5.32 Å². The van der Waals surface area contributed by atoms with Crippen molar-refractivity contribution in [1.29, 1.82) is 0 Å². The molecule has 1 aliphatic carbocycles. The van der Waals surface area contributed by atoms with Crippen molar-refractivity contribution in [2.24, 2.45) is 5.41 Å². The van der Waals surface area contributed by atoms with Gasteiger partial charge in [0.1, 0.15) is 5.41 Å². The second kappa shape index (κ2) is 7.09. The van der Waals surface area contributed by atoms with E-state index in [9.17, 15) is 14.7 Å². The van der Waals surface area contributed by atoms with Gasteiger partial charge >= 0.3 is 5.97 Å². The first-order valence-corrected chi connectivity index (χ1v) is 8.58. The highest BCUT2D eigenvalue weighted by Gasteiger charge is 2.45. The number of aryl methyl sites for hydroxylation is 1. The molecule has 0 aliphatic heterocycles. The lowest BCUT2D eigenvalue weighted by Crippen LogP contribution is -2.42. The zero-order chi connectivity index (χ0) is 17.9. The highest BCUT2D eigenvalue weighted by Crippen LogP contribution is 2.37. The summed E-state index contributed by atoms with van der Waals surface area (Å²) in [4.78, 5) is 28.6. The molecule has 1 fully saturated rings. The maximum Gasteiger partial charge on any atom is 0.319 e. The van der Waals surface area contributed by atoms with Crippen LogP contribution in [0.25, 0.3) is 11.3 Å². The minimum Gasteiger partial charge on any atom is -0.480 e. The van der Waals surface area contributed by atoms with Gasteiger partial charge in [0.15, 0.2) is 12.2 Å². The Balaban J connectivity index is 1.77. The highest BCUT2D eigenvalue weighted by molar-refractivity contribution is 6.08. The third kappa shape index (κ3) is 3.43. The van der Waals surface area contributed by atoms with Crippen LogP contribution in [0.5, 0.6) is 0 Å². The maximum atomic E-state index is 12.7. The molecule has 1 amide bonds. The standard InChI is InChI=1S/C19H22N2O4/c1-13-16(25-12-20-13)14-6-8-15(9-7-14)21-17(22)19(18(23)24)10-4-2-3-5-11-19/h6-9,12H,2-5,10-11H2,1H3,(H,21,22)(H,23,24). The van der Waals surface area contributed by atoms with Crippen molar-refractivity contribution >= 4 is 17.6 Å². The van der Waals surface area contributed by atoms with E-state index in [2.05, 4.69) is 10.3 Å². The Morgan fingerprint density at radius 3 is 2.28 bits per heavy atom. The highest BCUT2D eigenvalue weighted by atomic mass is 16.4. The van der Waals surface area contributed by atoms with Crippen LogP contribution >= 0.6 is 0 Å². The molecular weight excluding hydrogens is 320 g/mol. The van der Waals surface area contributed by atoms with Gasteiger partial charge in [-0.25, -0.2) is 4.98 Å². The van der Waals surface area contributed by atoms with Gasteiger partial charge in [-0.2, -0.15) is 0 Å². The summed E-state index contributed by atoms with van der Waals surface area (Å²) in [6, 6.07) is 7.15. The van der Waals surface area contributed by atoms with Crippen LogP contribution < -0.4 is 5.32 Å². The largest absolute Gasteiger partial charge is 0.480 e. The summed E-state index contributed by atoms with van der Waals surface area (Å²) in [7, 11) is 0. The van der Waals surface area contributed by atoms with Crippen LogP contribution in [0.2, 0.25) is 0 Å². The van der Waals surface area contributed by atoms with Gasteiger partial charge in [-0.05, 0) is 44.0 Å². The minimum atomic E-state index is -1.32. The average molecular weight is 342 g/mol. The number of hydrogen-bond donors (Lipinski definition) is 2.